The first-order chi connectivity index (χ1) is 14.5. The summed E-state index contributed by atoms with van der Waals surface area (Å²) in [5.74, 6) is 0. The van der Waals surface area contributed by atoms with Crippen LogP contribution in [0.15, 0.2) is 72.8 Å². The van der Waals surface area contributed by atoms with E-state index >= 15 is 0 Å². The van der Waals surface area contributed by atoms with Gasteiger partial charge in [-0.15, -0.1) is 0 Å². The first kappa shape index (κ1) is 24.6. The van der Waals surface area contributed by atoms with E-state index in [-0.39, 0.29) is 5.04 Å². The number of hydrogen-bond donors (Lipinski definition) is 1. The van der Waals surface area contributed by atoms with E-state index in [0.717, 1.165) is 38.7 Å². The second-order valence-electron chi connectivity index (χ2n) is 9.05. The molecule has 2 aromatic rings. The van der Waals surface area contributed by atoms with Crippen LogP contribution in [0.3, 0.4) is 0 Å². The molecule has 2 nitrogen and oxygen atoms in total. The number of aliphatic hydroxyl groups excluding tert-OH is 1. The zero-order valence-electron chi connectivity index (χ0n) is 19.1. The second kappa shape index (κ2) is 12.9. The Morgan fingerprint density at radius 2 is 1.23 bits per heavy atom. The van der Waals surface area contributed by atoms with Crippen LogP contribution in [0.5, 0.6) is 0 Å². The summed E-state index contributed by atoms with van der Waals surface area (Å²) in [5.41, 5.74) is 0. The highest BCUT2D eigenvalue weighted by atomic mass is 28.4. The van der Waals surface area contributed by atoms with Crippen LogP contribution in [-0.2, 0) is 4.43 Å². The molecule has 0 heterocycles. The van der Waals surface area contributed by atoms with Crippen LogP contribution in [0, 0.1) is 0 Å². The number of unbranched alkanes of at least 4 members (excludes halogenated alkanes) is 5. The highest BCUT2D eigenvalue weighted by Gasteiger charge is 2.49. The number of aliphatic hydroxyl groups is 1. The molecule has 2 aromatic carbocycles. The van der Waals surface area contributed by atoms with E-state index in [9.17, 15) is 0 Å². The maximum atomic E-state index is 8.81. The highest BCUT2D eigenvalue weighted by molar-refractivity contribution is 6.99. The predicted molar refractivity (Wildman–Crippen MR) is 132 cm³/mol. The Labute approximate surface area is 185 Å². The molecule has 0 amide bonds. The van der Waals surface area contributed by atoms with Gasteiger partial charge in [0.15, 0.2) is 0 Å². The molecule has 0 fully saturated rings. The maximum absolute atomic E-state index is 8.81. The molecule has 0 aromatic heterocycles. The largest absolute Gasteiger partial charge is 0.407 e. The third-order valence-electron chi connectivity index (χ3n) is 5.70. The molecule has 1 N–H and O–H groups in total. The summed E-state index contributed by atoms with van der Waals surface area (Å²) in [6.45, 7) is 8.12. The third kappa shape index (κ3) is 6.94. The lowest BCUT2D eigenvalue weighted by atomic mass is 10.1. The Morgan fingerprint density at radius 3 is 1.70 bits per heavy atom. The van der Waals surface area contributed by atoms with Crippen molar-refractivity contribution in [2.45, 2.75) is 70.8 Å². The quantitative estimate of drug-likeness (QED) is 0.248. The fourth-order valence-electron chi connectivity index (χ4n) is 4.14. The first-order valence-corrected chi connectivity index (χ1v) is 13.4. The molecule has 0 unspecified atom stereocenters. The molecular weight excluding hydrogens is 384 g/mol. The number of rotatable bonds is 13. The van der Waals surface area contributed by atoms with Crippen molar-refractivity contribution in [2.75, 3.05) is 13.2 Å². The van der Waals surface area contributed by atoms with Gasteiger partial charge in [0.05, 0.1) is 0 Å². The van der Waals surface area contributed by atoms with Gasteiger partial charge in [0, 0.05) is 13.2 Å². The summed E-state index contributed by atoms with van der Waals surface area (Å²) >= 11 is 0. The zero-order chi connectivity index (χ0) is 21.7. The molecule has 0 aliphatic heterocycles. The zero-order valence-corrected chi connectivity index (χ0v) is 20.1. The molecule has 0 radical (unpaired) electrons. The van der Waals surface area contributed by atoms with E-state index < -0.39 is 8.32 Å². The summed E-state index contributed by atoms with van der Waals surface area (Å²) in [6, 6.07) is 21.8. The van der Waals surface area contributed by atoms with E-state index in [1.807, 2.05) is 0 Å². The standard InChI is InChI=1S/C27H40O2Si/c1-27(2,3)30(25-19-13-11-14-20-25,26-21-15-12-16-22-26)29-24-18-10-8-6-4-5-7-9-17-23-28/h4-5,11-16,19-22,28H,6-10,17-18,23-24H2,1-3H3/b5-4-. The van der Waals surface area contributed by atoms with Crippen molar-refractivity contribution in [1.29, 1.82) is 0 Å². The van der Waals surface area contributed by atoms with Crippen LogP contribution in [0.1, 0.15) is 65.7 Å². The molecule has 0 spiro atoms. The van der Waals surface area contributed by atoms with Crippen molar-refractivity contribution >= 4 is 18.7 Å². The van der Waals surface area contributed by atoms with Gasteiger partial charge in [0.1, 0.15) is 0 Å². The fourth-order valence-corrected chi connectivity index (χ4v) is 8.74. The lowest BCUT2D eigenvalue weighted by molar-refractivity contribution is 0.285. The lowest BCUT2D eigenvalue weighted by Crippen LogP contribution is -2.66. The van der Waals surface area contributed by atoms with Gasteiger partial charge in [-0.05, 0) is 53.9 Å². The number of allylic oxidation sites excluding steroid dienone is 2. The van der Waals surface area contributed by atoms with Crippen molar-refractivity contribution in [3.8, 4) is 0 Å². The van der Waals surface area contributed by atoms with Gasteiger partial charge in [-0.2, -0.15) is 0 Å². The van der Waals surface area contributed by atoms with E-state index in [1.54, 1.807) is 0 Å². The average Bonchev–Trinajstić information content (AvgIpc) is 2.75. The van der Waals surface area contributed by atoms with Crippen LogP contribution < -0.4 is 10.4 Å². The Morgan fingerprint density at radius 1 is 0.733 bits per heavy atom. The Bertz CT molecular complexity index is 680. The number of benzene rings is 2. The predicted octanol–water partition coefficient (Wildman–Crippen LogP) is 5.84. The van der Waals surface area contributed by atoms with Crippen molar-refractivity contribution in [3.63, 3.8) is 0 Å². The summed E-state index contributed by atoms with van der Waals surface area (Å²) < 4.78 is 6.94. The van der Waals surface area contributed by atoms with Crippen molar-refractivity contribution < 1.29 is 9.53 Å². The smallest absolute Gasteiger partial charge is 0.261 e. The summed E-state index contributed by atoms with van der Waals surface area (Å²) in [6.07, 6.45) is 12.3. The molecule has 30 heavy (non-hydrogen) atoms. The molecule has 0 bridgehead atoms. The average molecular weight is 425 g/mol. The van der Waals surface area contributed by atoms with Crippen LogP contribution in [0.4, 0.5) is 0 Å². The van der Waals surface area contributed by atoms with E-state index in [4.69, 9.17) is 9.53 Å². The minimum atomic E-state index is -2.38. The van der Waals surface area contributed by atoms with Crippen LogP contribution in [0.25, 0.3) is 0 Å². The third-order valence-corrected chi connectivity index (χ3v) is 10.7. The lowest BCUT2D eigenvalue weighted by Gasteiger charge is -2.43. The Hall–Kier alpha value is -1.68. The summed E-state index contributed by atoms with van der Waals surface area (Å²) in [4.78, 5) is 0. The maximum Gasteiger partial charge on any atom is 0.261 e. The van der Waals surface area contributed by atoms with E-state index in [0.29, 0.717) is 6.61 Å². The van der Waals surface area contributed by atoms with Crippen molar-refractivity contribution in [1.82, 2.24) is 0 Å². The first-order valence-electron chi connectivity index (χ1n) is 11.5. The van der Waals surface area contributed by atoms with E-state index in [2.05, 4.69) is 93.6 Å². The molecule has 0 aliphatic carbocycles. The molecule has 164 valence electrons. The highest BCUT2D eigenvalue weighted by Crippen LogP contribution is 2.36. The Balaban J connectivity index is 1.98. The van der Waals surface area contributed by atoms with Crippen molar-refractivity contribution in [3.05, 3.63) is 72.8 Å². The normalized spacial score (nSPS) is 12.5. The second-order valence-corrected chi connectivity index (χ2v) is 13.4. The molecule has 0 saturated heterocycles. The van der Waals surface area contributed by atoms with Gasteiger partial charge in [0.25, 0.3) is 8.32 Å². The molecule has 3 heteroatoms. The summed E-state index contributed by atoms with van der Waals surface area (Å²) in [7, 11) is -2.38. The van der Waals surface area contributed by atoms with Crippen molar-refractivity contribution in [2.24, 2.45) is 0 Å². The number of hydrogen-bond acceptors (Lipinski definition) is 2. The monoisotopic (exact) mass is 424 g/mol. The fraction of sp³-hybridized carbons (Fsp3) is 0.481. The van der Waals surface area contributed by atoms with Crippen LogP contribution >= 0.6 is 0 Å². The minimum Gasteiger partial charge on any atom is -0.407 e. The van der Waals surface area contributed by atoms with Gasteiger partial charge in [-0.3, -0.25) is 0 Å². The van der Waals surface area contributed by atoms with Crippen LogP contribution in [0.2, 0.25) is 5.04 Å². The van der Waals surface area contributed by atoms with Gasteiger partial charge < -0.3 is 9.53 Å². The SMILES string of the molecule is CC(C)(C)[Si](OCCCCC/C=C\CCCCO)(c1ccccc1)c1ccccc1. The summed E-state index contributed by atoms with van der Waals surface area (Å²) in [5, 5.41) is 11.6. The Kier molecular flexibility index (Phi) is 10.6. The molecule has 0 saturated carbocycles. The molecule has 0 aliphatic rings. The van der Waals surface area contributed by atoms with Gasteiger partial charge in [-0.1, -0.05) is 100 Å². The van der Waals surface area contributed by atoms with Gasteiger partial charge in [0.2, 0.25) is 0 Å². The van der Waals surface area contributed by atoms with E-state index in [1.165, 1.54) is 23.2 Å². The molecule has 0 atom stereocenters. The topological polar surface area (TPSA) is 29.5 Å². The van der Waals surface area contributed by atoms with Crippen LogP contribution in [-0.4, -0.2) is 26.6 Å². The molecule has 2 rings (SSSR count). The minimum absolute atomic E-state index is 0.0486. The van der Waals surface area contributed by atoms with Gasteiger partial charge in [-0.25, -0.2) is 0 Å². The van der Waals surface area contributed by atoms with Gasteiger partial charge >= 0.3 is 0 Å². The molecular formula is C27H40O2Si.